The first-order chi connectivity index (χ1) is 13.1. The molecule has 1 unspecified atom stereocenters. The summed E-state index contributed by atoms with van der Waals surface area (Å²) in [5.41, 5.74) is 5.22. The molecule has 27 heavy (non-hydrogen) atoms. The van der Waals surface area contributed by atoms with Gasteiger partial charge in [0.25, 0.3) is 0 Å². The number of aryl methyl sites for hydroxylation is 1. The van der Waals surface area contributed by atoms with E-state index in [1.807, 2.05) is 32.0 Å². The minimum absolute atomic E-state index is 0.134. The predicted octanol–water partition coefficient (Wildman–Crippen LogP) is 4.45. The van der Waals surface area contributed by atoms with E-state index in [-0.39, 0.29) is 17.6 Å². The quantitative estimate of drug-likeness (QED) is 0.650. The zero-order valence-electron chi connectivity index (χ0n) is 15.9. The molecule has 1 aliphatic rings. The Bertz CT molecular complexity index is 998. The van der Waals surface area contributed by atoms with Crippen LogP contribution in [0.2, 0.25) is 0 Å². The van der Waals surface area contributed by atoms with E-state index >= 15 is 0 Å². The summed E-state index contributed by atoms with van der Waals surface area (Å²) in [5, 5.41) is 0. The summed E-state index contributed by atoms with van der Waals surface area (Å²) in [6.45, 7) is 7.07. The number of anilines is 1. The lowest BCUT2D eigenvalue weighted by Gasteiger charge is -2.37. The lowest BCUT2D eigenvalue weighted by Crippen LogP contribution is -2.35. The van der Waals surface area contributed by atoms with Gasteiger partial charge in [-0.05, 0) is 38.3 Å². The van der Waals surface area contributed by atoms with Crippen molar-refractivity contribution in [2.45, 2.75) is 33.2 Å². The predicted molar refractivity (Wildman–Crippen MR) is 107 cm³/mol. The van der Waals surface area contributed by atoms with Gasteiger partial charge in [0.2, 0.25) is 11.6 Å². The third-order valence-corrected chi connectivity index (χ3v) is 5.47. The van der Waals surface area contributed by atoms with Crippen molar-refractivity contribution in [2.24, 2.45) is 0 Å². The van der Waals surface area contributed by atoms with E-state index in [4.69, 9.17) is 4.98 Å². The van der Waals surface area contributed by atoms with E-state index in [1.54, 1.807) is 12.1 Å². The topological polar surface area (TPSA) is 46.1 Å². The van der Waals surface area contributed by atoms with Crippen molar-refractivity contribution in [2.75, 3.05) is 11.4 Å². The van der Waals surface area contributed by atoms with Crippen molar-refractivity contribution in [3.05, 3.63) is 88.4 Å². The zero-order valence-corrected chi connectivity index (χ0v) is 15.9. The van der Waals surface area contributed by atoms with Crippen LogP contribution in [-0.4, -0.2) is 22.3 Å². The van der Waals surface area contributed by atoms with E-state index in [9.17, 15) is 4.79 Å². The maximum Gasteiger partial charge on any atom is 0.230 e. The minimum Gasteiger partial charge on any atom is -0.349 e. The molecule has 0 amide bonds. The lowest BCUT2D eigenvalue weighted by molar-refractivity contribution is 0.102. The summed E-state index contributed by atoms with van der Waals surface area (Å²) < 4.78 is 0. The molecule has 2 aromatic carbocycles. The summed E-state index contributed by atoms with van der Waals surface area (Å²) >= 11 is 0. The molecule has 2 heterocycles. The number of rotatable bonds is 3. The SMILES string of the molecule is Cc1nc(C(=O)c2ccccc2)nc(N2CCc3ccccc3C2C)c1C. The molecule has 4 heteroatoms. The highest BCUT2D eigenvalue weighted by molar-refractivity contribution is 6.06. The van der Waals surface area contributed by atoms with E-state index < -0.39 is 0 Å². The summed E-state index contributed by atoms with van der Waals surface area (Å²) in [5.74, 6) is 0.999. The minimum atomic E-state index is -0.134. The van der Waals surface area contributed by atoms with Gasteiger partial charge >= 0.3 is 0 Å². The summed E-state index contributed by atoms with van der Waals surface area (Å²) in [6.07, 6.45) is 0.977. The van der Waals surface area contributed by atoms with Crippen LogP contribution in [0.3, 0.4) is 0 Å². The van der Waals surface area contributed by atoms with Crippen LogP contribution in [0, 0.1) is 13.8 Å². The number of carbonyl (C=O) groups is 1. The molecule has 136 valence electrons. The maximum absolute atomic E-state index is 12.9. The molecule has 1 atom stereocenters. The van der Waals surface area contributed by atoms with Crippen LogP contribution in [0.25, 0.3) is 0 Å². The van der Waals surface area contributed by atoms with Gasteiger partial charge in [-0.1, -0.05) is 54.6 Å². The monoisotopic (exact) mass is 357 g/mol. The van der Waals surface area contributed by atoms with Crippen molar-refractivity contribution in [1.29, 1.82) is 0 Å². The van der Waals surface area contributed by atoms with Crippen molar-refractivity contribution < 1.29 is 4.79 Å². The van der Waals surface area contributed by atoms with Crippen LogP contribution in [0.1, 0.15) is 51.5 Å². The zero-order chi connectivity index (χ0) is 19.0. The van der Waals surface area contributed by atoms with E-state index in [0.29, 0.717) is 5.56 Å². The molecule has 0 fully saturated rings. The average Bonchev–Trinajstić information content (AvgIpc) is 2.71. The molecule has 0 aliphatic carbocycles. The standard InChI is InChI=1S/C23H23N3O/c1-15-16(2)24-22(21(27)19-10-5-4-6-11-19)25-23(15)26-14-13-18-9-7-8-12-20(18)17(26)3/h4-12,17H,13-14H2,1-3H3. The fraction of sp³-hybridized carbons (Fsp3) is 0.261. The van der Waals surface area contributed by atoms with Gasteiger partial charge in [-0.2, -0.15) is 0 Å². The second-order valence-electron chi connectivity index (χ2n) is 7.09. The number of carbonyl (C=O) groups excluding carboxylic acids is 1. The molecule has 1 aromatic heterocycles. The molecule has 0 N–H and O–H groups in total. The first-order valence-electron chi connectivity index (χ1n) is 9.35. The van der Waals surface area contributed by atoms with Gasteiger partial charge in [0, 0.05) is 23.4 Å². The highest BCUT2D eigenvalue weighted by atomic mass is 16.1. The molecule has 0 radical (unpaired) electrons. The first kappa shape index (κ1) is 17.4. The number of fused-ring (bicyclic) bond motifs is 1. The summed E-state index contributed by atoms with van der Waals surface area (Å²) in [7, 11) is 0. The highest BCUT2D eigenvalue weighted by Gasteiger charge is 2.27. The van der Waals surface area contributed by atoms with Crippen LogP contribution in [0.5, 0.6) is 0 Å². The Labute approximate surface area is 159 Å². The van der Waals surface area contributed by atoms with Crippen LogP contribution < -0.4 is 4.90 Å². The number of hydrogen-bond acceptors (Lipinski definition) is 4. The van der Waals surface area contributed by atoms with E-state index in [2.05, 4.69) is 41.1 Å². The Balaban J connectivity index is 1.76. The number of hydrogen-bond donors (Lipinski definition) is 0. The van der Waals surface area contributed by atoms with Crippen molar-refractivity contribution in [3.63, 3.8) is 0 Å². The molecule has 4 nitrogen and oxygen atoms in total. The highest BCUT2D eigenvalue weighted by Crippen LogP contribution is 2.34. The lowest BCUT2D eigenvalue weighted by atomic mass is 9.93. The second kappa shape index (κ2) is 6.95. The molecular weight excluding hydrogens is 334 g/mol. The number of aromatic nitrogens is 2. The Morgan fingerprint density at radius 2 is 1.70 bits per heavy atom. The number of ketones is 1. The Hall–Kier alpha value is -3.01. The Morgan fingerprint density at radius 3 is 2.48 bits per heavy atom. The van der Waals surface area contributed by atoms with Gasteiger partial charge < -0.3 is 4.90 Å². The molecule has 0 saturated carbocycles. The average molecular weight is 357 g/mol. The molecule has 0 bridgehead atoms. The van der Waals surface area contributed by atoms with Gasteiger partial charge in [0.15, 0.2) is 0 Å². The maximum atomic E-state index is 12.9. The third-order valence-electron chi connectivity index (χ3n) is 5.47. The molecule has 0 saturated heterocycles. The van der Waals surface area contributed by atoms with Crippen LogP contribution >= 0.6 is 0 Å². The van der Waals surface area contributed by atoms with Crippen molar-refractivity contribution in [3.8, 4) is 0 Å². The van der Waals surface area contributed by atoms with E-state index in [1.165, 1.54) is 11.1 Å². The molecule has 3 aromatic rings. The first-order valence-corrected chi connectivity index (χ1v) is 9.35. The fourth-order valence-electron chi connectivity index (χ4n) is 3.77. The molecule has 4 rings (SSSR count). The van der Waals surface area contributed by atoms with Crippen molar-refractivity contribution >= 4 is 11.6 Å². The van der Waals surface area contributed by atoms with Crippen LogP contribution in [0.15, 0.2) is 54.6 Å². The van der Waals surface area contributed by atoms with Gasteiger partial charge in [0.05, 0.1) is 6.04 Å². The molecule has 1 aliphatic heterocycles. The second-order valence-corrected chi connectivity index (χ2v) is 7.09. The third kappa shape index (κ3) is 3.12. The smallest absolute Gasteiger partial charge is 0.230 e. The van der Waals surface area contributed by atoms with Crippen molar-refractivity contribution in [1.82, 2.24) is 9.97 Å². The molecule has 0 spiro atoms. The summed E-state index contributed by atoms with van der Waals surface area (Å²) in [6, 6.07) is 18.0. The molecular formula is C23H23N3O. The van der Waals surface area contributed by atoms with Gasteiger partial charge in [-0.15, -0.1) is 0 Å². The van der Waals surface area contributed by atoms with Gasteiger partial charge in [0.1, 0.15) is 5.82 Å². The van der Waals surface area contributed by atoms with E-state index in [0.717, 1.165) is 30.0 Å². The number of benzene rings is 2. The summed E-state index contributed by atoms with van der Waals surface area (Å²) in [4.78, 5) is 24.4. The normalized spacial score (nSPS) is 16.1. The van der Waals surface area contributed by atoms with Crippen LogP contribution in [-0.2, 0) is 6.42 Å². The Morgan fingerprint density at radius 1 is 1.00 bits per heavy atom. The largest absolute Gasteiger partial charge is 0.349 e. The van der Waals surface area contributed by atoms with Gasteiger partial charge in [-0.3, -0.25) is 4.79 Å². The van der Waals surface area contributed by atoms with Gasteiger partial charge in [-0.25, -0.2) is 9.97 Å². The number of nitrogens with zero attached hydrogens (tertiary/aromatic N) is 3. The fourth-order valence-corrected chi connectivity index (χ4v) is 3.77. The Kier molecular flexibility index (Phi) is 4.48. The van der Waals surface area contributed by atoms with Crippen LogP contribution in [0.4, 0.5) is 5.82 Å².